The van der Waals surface area contributed by atoms with Crippen molar-refractivity contribution < 1.29 is 5.11 Å². The molecule has 1 N–H and O–H groups in total. The number of aliphatic hydroxyl groups is 1. The second-order valence-corrected chi connectivity index (χ2v) is 6.01. The number of rotatable bonds is 4. The molecule has 0 bridgehead atoms. The van der Waals surface area contributed by atoms with Crippen LogP contribution in [0, 0.1) is 0 Å². The number of allylic oxidation sites excluding steroid dienone is 1. The Kier molecular flexibility index (Phi) is 4.30. The van der Waals surface area contributed by atoms with Gasteiger partial charge >= 0.3 is 0 Å². The fraction of sp³-hybridized carbons (Fsp3) is 0.300. The van der Waals surface area contributed by atoms with Gasteiger partial charge in [-0.3, -0.25) is 0 Å². The summed E-state index contributed by atoms with van der Waals surface area (Å²) in [5.41, 5.74) is 2.93. The lowest BCUT2D eigenvalue weighted by Crippen LogP contribution is -2.43. The maximum atomic E-state index is 10.9. The van der Waals surface area contributed by atoms with Gasteiger partial charge < -0.3 is 10.0 Å². The summed E-state index contributed by atoms with van der Waals surface area (Å²) < 4.78 is 0. The monoisotopic (exact) mass is 293 g/mol. The first kappa shape index (κ1) is 14.9. The van der Waals surface area contributed by atoms with E-state index in [4.69, 9.17) is 0 Å². The van der Waals surface area contributed by atoms with E-state index in [1.807, 2.05) is 36.4 Å². The van der Waals surface area contributed by atoms with Crippen LogP contribution in [0.4, 0.5) is 5.69 Å². The third kappa shape index (κ3) is 2.93. The number of benzene rings is 2. The third-order valence-corrected chi connectivity index (χ3v) is 4.60. The quantitative estimate of drug-likeness (QED) is 0.864. The first-order valence-corrected chi connectivity index (χ1v) is 7.94. The molecule has 0 aromatic heterocycles. The van der Waals surface area contributed by atoms with Gasteiger partial charge in [-0.1, -0.05) is 54.6 Å². The lowest BCUT2D eigenvalue weighted by molar-refractivity contribution is 0.0117. The summed E-state index contributed by atoms with van der Waals surface area (Å²) in [5.74, 6) is 0. The van der Waals surface area contributed by atoms with Gasteiger partial charge in [-0.25, -0.2) is 0 Å². The first-order valence-electron chi connectivity index (χ1n) is 7.94. The minimum Gasteiger partial charge on any atom is -0.385 e. The first-order chi connectivity index (χ1) is 10.7. The molecule has 0 unspecified atom stereocenters. The number of nitrogens with zero attached hydrogens (tertiary/aromatic N) is 1. The molecule has 1 aliphatic rings. The van der Waals surface area contributed by atoms with Gasteiger partial charge in [0.1, 0.15) is 0 Å². The van der Waals surface area contributed by atoms with Crippen molar-refractivity contribution in [2.45, 2.75) is 24.9 Å². The summed E-state index contributed by atoms with van der Waals surface area (Å²) in [6.07, 6.45) is 4.36. The number of hydrogen-bond acceptors (Lipinski definition) is 2. The fourth-order valence-electron chi connectivity index (χ4n) is 3.30. The molecule has 1 saturated heterocycles. The third-order valence-electron chi connectivity index (χ3n) is 4.60. The van der Waals surface area contributed by atoms with Crippen molar-refractivity contribution in [3.05, 3.63) is 78.4 Å². The van der Waals surface area contributed by atoms with Crippen LogP contribution in [0.1, 0.15) is 24.0 Å². The Bertz CT molecular complexity index is 627. The predicted molar refractivity (Wildman–Crippen MR) is 92.1 cm³/mol. The molecule has 1 heterocycles. The Morgan fingerprint density at radius 1 is 1.00 bits per heavy atom. The van der Waals surface area contributed by atoms with Crippen LogP contribution in [-0.4, -0.2) is 18.2 Å². The van der Waals surface area contributed by atoms with Gasteiger partial charge in [0.2, 0.25) is 0 Å². The second-order valence-electron chi connectivity index (χ2n) is 6.01. The van der Waals surface area contributed by atoms with Crippen LogP contribution >= 0.6 is 0 Å². The average Bonchev–Trinajstić information content (AvgIpc) is 2.57. The molecule has 0 radical (unpaired) electrons. The van der Waals surface area contributed by atoms with Crippen molar-refractivity contribution in [3.63, 3.8) is 0 Å². The van der Waals surface area contributed by atoms with E-state index >= 15 is 0 Å². The molecule has 1 fully saturated rings. The molecule has 3 rings (SSSR count). The molecular formula is C20H23NO. The van der Waals surface area contributed by atoms with E-state index in [1.54, 1.807) is 0 Å². The van der Waals surface area contributed by atoms with E-state index < -0.39 is 5.60 Å². The molecule has 2 nitrogen and oxygen atoms in total. The highest BCUT2D eigenvalue weighted by atomic mass is 16.3. The zero-order chi connectivity index (χ0) is 15.4. The van der Waals surface area contributed by atoms with Gasteiger partial charge in [0, 0.05) is 18.8 Å². The molecule has 0 spiro atoms. The van der Waals surface area contributed by atoms with E-state index in [1.165, 1.54) is 11.3 Å². The average molecular weight is 293 g/mol. The maximum Gasteiger partial charge on any atom is 0.0930 e. The number of piperidine rings is 1. The van der Waals surface area contributed by atoms with Crippen LogP contribution < -0.4 is 4.90 Å². The fourth-order valence-corrected chi connectivity index (χ4v) is 3.30. The van der Waals surface area contributed by atoms with Gasteiger partial charge in [-0.15, -0.1) is 6.58 Å². The van der Waals surface area contributed by atoms with E-state index in [0.717, 1.165) is 37.9 Å². The topological polar surface area (TPSA) is 23.5 Å². The van der Waals surface area contributed by atoms with Crippen molar-refractivity contribution in [3.8, 4) is 0 Å². The van der Waals surface area contributed by atoms with Crippen molar-refractivity contribution in [2.75, 3.05) is 18.0 Å². The predicted octanol–water partition coefficient (Wildman–Crippen LogP) is 3.90. The Labute approximate surface area is 132 Å². The number of para-hydroxylation sites is 1. The van der Waals surface area contributed by atoms with Crippen LogP contribution in [0.3, 0.4) is 0 Å². The number of hydrogen-bond donors (Lipinski definition) is 1. The van der Waals surface area contributed by atoms with E-state index in [0.29, 0.717) is 0 Å². The van der Waals surface area contributed by atoms with Gasteiger partial charge in [0.15, 0.2) is 0 Å². The van der Waals surface area contributed by atoms with Gasteiger partial charge in [0.25, 0.3) is 0 Å². The molecule has 114 valence electrons. The Morgan fingerprint density at radius 3 is 2.32 bits per heavy atom. The van der Waals surface area contributed by atoms with Crippen molar-refractivity contribution in [2.24, 2.45) is 0 Å². The largest absolute Gasteiger partial charge is 0.385 e. The standard InChI is InChI=1S/C20H23NO/c1-2-8-17-9-6-7-12-19(17)21-15-13-20(22,14-16-21)18-10-4-3-5-11-18/h2-7,9-12,22H,1,8,13-16H2. The van der Waals surface area contributed by atoms with E-state index in [9.17, 15) is 5.11 Å². The zero-order valence-electron chi connectivity index (χ0n) is 12.9. The highest BCUT2D eigenvalue weighted by Crippen LogP contribution is 2.35. The Balaban J connectivity index is 1.76. The lowest BCUT2D eigenvalue weighted by atomic mass is 9.84. The molecule has 0 aliphatic carbocycles. The normalized spacial score (nSPS) is 17.2. The summed E-state index contributed by atoms with van der Waals surface area (Å²) in [7, 11) is 0. The smallest absolute Gasteiger partial charge is 0.0930 e. The summed E-state index contributed by atoms with van der Waals surface area (Å²) in [6.45, 7) is 5.60. The summed E-state index contributed by atoms with van der Waals surface area (Å²) in [4.78, 5) is 2.39. The molecule has 2 aromatic rings. The molecule has 2 aromatic carbocycles. The van der Waals surface area contributed by atoms with Crippen LogP contribution in [0.2, 0.25) is 0 Å². The van der Waals surface area contributed by atoms with Crippen LogP contribution in [0.25, 0.3) is 0 Å². The number of anilines is 1. The highest BCUT2D eigenvalue weighted by molar-refractivity contribution is 5.55. The molecular weight excluding hydrogens is 270 g/mol. The SMILES string of the molecule is C=CCc1ccccc1N1CCC(O)(c2ccccc2)CC1. The maximum absolute atomic E-state index is 10.9. The van der Waals surface area contributed by atoms with Crippen LogP contribution in [0.5, 0.6) is 0 Å². The van der Waals surface area contributed by atoms with Crippen molar-refractivity contribution in [1.29, 1.82) is 0 Å². The van der Waals surface area contributed by atoms with Gasteiger partial charge in [-0.05, 0) is 36.5 Å². The minimum absolute atomic E-state index is 0.689. The molecule has 0 saturated carbocycles. The summed E-state index contributed by atoms with van der Waals surface area (Å²) in [6, 6.07) is 18.5. The minimum atomic E-state index is -0.689. The van der Waals surface area contributed by atoms with Crippen LogP contribution in [0.15, 0.2) is 67.3 Å². The molecule has 2 heteroatoms. The lowest BCUT2D eigenvalue weighted by Gasteiger charge is -2.40. The molecule has 22 heavy (non-hydrogen) atoms. The van der Waals surface area contributed by atoms with E-state index in [2.05, 4.69) is 35.7 Å². The highest BCUT2D eigenvalue weighted by Gasteiger charge is 2.34. The molecule has 0 amide bonds. The summed E-state index contributed by atoms with van der Waals surface area (Å²) in [5, 5.41) is 10.9. The molecule has 1 aliphatic heterocycles. The van der Waals surface area contributed by atoms with Crippen molar-refractivity contribution >= 4 is 5.69 Å². The van der Waals surface area contributed by atoms with Gasteiger partial charge in [-0.2, -0.15) is 0 Å². The Morgan fingerprint density at radius 2 is 1.64 bits per heavy atom. The summed E-state index contributed by atoms with van der Waals surface area (Å²) >= 11 is 0. The van der Waals surface area contributed by atoms with Crippen molar-refractivity contribution in [1.82, 2.24) is 0 Å². The Hall–Kier alpha value is -2.06. The van der Waals surface area contributed by atoms with Crippen LogP contribution in [-0.2, 0) is 12.0 Å². The molecule has 0 atom stereocenters. The zero-order valence-corrected chi connectivity index (χ0v) is 12.9. The second kappa shape index (κ2) is 6.37. The van der Waals surface area contributed by atoms with E-state index in [-0.39, 0.29) is 0 Å². The van der Waals surface area contributed by atoms with Gasteiger partial charge in [0.05, 0.1) is 5.60 Å².